The van der Waals surface area contributed by atoms with Crippen LogP contribution in [0.1, 0.15) is 0 Å². The van der Waals surface area contributed by atoms with Crippen molar-refractivity contribution in [2.24, 2.45) is 14.1 Å². The third kappa shape index (κ3) is 1.76. The second-order valence-corrected chi connectivity index (χ2v) is 5.55. The van der Waals surface area contributed by atoms with E-state index in [1.807, 2.05) is 55.2 Å². The first-order chi connectivity index (χ1) is 10.1. The summed E-state index contributed by atoms with van der Waals surface area (Å²) in [5, 5.41) is 6.35. The highest BCUT2D eigenvalue weighted by Gasteiger charge is 2.17. The molecule has 0 amide bonds. The van der Waals surface area contributed by atoms with Crippen LogP contribution in [-0.4, -0.2) is 19.3 Å². The molecule has 0 N–H and O–H groups in total. The smallest absolute Gasteiger partial charge is 0.162 e. The number of halogens is 1. The molecule has 4 nitrogen and oxygen atoms in total. The predicted molar refractivity (Wildman–Crippen MR) is 85.4 cm³/mol. The normalized spacial score (nSPS) is 11.6. The van der Waals surface area contributed by atoms with Crippen molar-refractivity contribution in [1.82, 2.24) is 19.3 Å². The van der Waals surface area contributed by atoms with Gasteiger partial charge in [-0.3, -0.25) is 4.68 Å². The molecule has 2 aromatic heterocycles. The maximum Gasteiger partial charge on any atom is 0.162 e. The van der Waals surface area contributed by atoms with Crippen LogP contribution in [-0.2, 0) is 14.1 Å². The lowest BCUT2D eigenvalue weighted by molar-refractivity contribution is 0.794. The summed E-state index contributed by atoms with van der Waals surface area (Å²) in [4.78, 5) is 4.72. The van der Waals surface area contributed by atoms with Gasteiger partial charge in [-0.1, -0.05) is 23.7 Å². The van der Waals surface area contributed by atoms with Crippen molar-refractivity contribution in [3.8, 4) is 11.5 Å². The number of aromatic nitrogens is 4. The fraction of sp³-hybridized carbons (Fsp3) is 0.125. The van der Waals surface area contributed by atoms with E-state index in [2.05, 4.69) is 15.7 Å². The van der Waals surface area contributed by atoms with E-state index in [0.29, 0.717) is 5.02 Å². The quantitative estimate of drug-likeness (QED) is 0.536. The van der Waals surface area contributed by atoms with Gasteiger partial charge in [-0.05, 0) is 30.3 Å². The Kier molecular flexibility index (Phi) is 2.56. The van der Waals surface area contributed by atoms with Crippen molar-refractivity contribution in [2.75, 3.05) is 0 Å². The molecule has 5 heteroatoms. The summed E-state index contributed by atoms with van der Waals surface area (Å²) in [6.07, 6.45) is 0. The Morgan fingerprint density at radius 1 is 1.00 bits per heavy atom. The lowest BCUT2D eigenvalue weighted by Gasteiger charge is -1.99. The molecule has 4 aromatic rings. The van der Waals surface area contributed by atoms with Gasteiger partial charge in [0.2, 0.25) is 0 Å². The monoisotopic (exact) mass is 296 g/mol. The number of aryl methyl sites for hydroxylation is 2. The van der Waals surface area contributed by atoms with Gasteiger partial charge in [0.25, 0.3) is 0 Å². The highest BCUT2D eigenvalue weighted by Crippen LogP contribution is 2.30. The number of nitrogens with zero attached hydrogens (tertiary/aromatic N) is 4. The number of rotatable bonds is 1. The molecule has 104 valence electrons. The third-order valence-electron chi connectivity index (χ3n) is 3.81. The number of benzene rings is 2. The molecule has 0 radical (unpaired) electrons. The molecular formula is C16H13ClN4. The summed E-state index contributed by atoms with van der Waals surface area (Å²) < 4.78 is 3.93. The maximum absolute atomic E-state index is 6.14. The zero-order valence-electron chi connectivity index (χ0n) is 11.7. The molecule has 0 bridgehead atoms. The lowest BCUT2D eigenvalue weighted by Crippen LogP contribution is -1.95. The maximum atomic E-state index is 6.14. The number of hydrogen-bond acceptors (Lipinski definition) is 2. The van der Waals surface area contributed by atoms with E-state index >= 15 is 0 Å². The van der Waals surface area contributed by atoms with Crippen molar-refractivity contribution in [3.63, 3.8) is 0 Å². The topological polar surface area (TPSA) is 35.6 Å². The summed E-state index contributed by atoms with van der Waals surface area (Å²) in [6.45, 7) is 0. The van der Waals surface area contributed by atoms with Crippen LogP contribution in [0.15, 0.2) is 42.5 Å². The molecule has 0 saturated carbocycles. The second-order valence-electron chi connectivity index (χ2n) is 5.12. The Labute approximate surface area is 126 Å². The molecule has 4 rings (SSSR count). The highest BCUT2D eigenvalue weighted by atomic mass is 35.5. The first-order valence-corrected chi connectivity index (χ1v) is 7.07. The predicted octanol–water partition coefficient (Wildman–Crippen LogP) is 3.78. The van der Waals surface area contributed by atoms with Crippen LogP contribution in [0.2, 0.25) is 5.02 Å². The van der Waals surface area contributed by atoms with Crippen LogP contribution >= 0.6 is 11.6 Å². The van der Waals surface area contributed by atoms with Crippen LogP contribution < -0.4 is 0 Å². The van der Waals surface area contributed by atoms with E-state index in [4.69, 9.17) is 16.6 Å². The van der Waals surface area contributed by atoms with E-state index in [1.165, 1.54) is 0 Å². The van der Waals surface area contributed by atoms with Crippen molar-refractivity contribution < 1.29 is 0 Å². The fourth-order valence-electron chi connectivity index (χ4n) is 2.76. The molecular weight excluding hydrogens is 284 g/mol. The zero-order valence-corrected chi connectivity index (χ0v) is 12.5. The van der Waals surface area contributed by atoms with Crippen LogP contribution in [0.4, 0.5) is 0 Å². The van der Waals surface area contributed by atoms with Gasteiger partial charge in [-0.25, -0.2) is 4.98 Å². The van der Waals surface area contributed by atoms with Gasteiger partial charge in [0.05, 0.1) is 16.6 Å². The summed E-state index contributed by atoms with van der Waals surface area (Å²) in [5.41, 5.74) is 3.96. The van der Waals surface area contributed by atoms with E-state index in [0.717, 1.165) is 33.5 Å². The van der Waals surface area contributed by atoms with Gasteiger partial charge in [0.1, 0.15) is 5.69 Å². The number of hydrogen-bond donors (Lipinski definition) is 0. The molecule has 0 atom stereocenters. The van der Waals surface area contributed by atoms with Gasteiger partial charge in [-0.2, -0.15) is 5.10 Å². The van der Waals surface area contributed by atoms with Gasteiger partial charge in [-0.15, -0.1) is 0 Å². The highest BCUT2D eigenvalue weighted by molar-refractivity contribution is 6.31. The van der Waals surface area contributed by atoms with Crippen molar-refractivity contribution in [1.29, 1.82) is 0 Å². The second kappa shape index (κ2) is 4.33. The summed E-state index contributed by atoms with van der Waals surface area (Å²) >= 11 is 6.14. The number of fused-ring (bicyclic) bond motifs is 2. The molecule has 0 aliphatic heterocycles. The first kappa shape index (κ1) is 12.4. The molecule has 0 aliphatic carbocycles. The summed E-state index contributed by atoms with van der Waals surface area (Å²) in [6, 6.07) is 13.9. The molecule has 0 spiro atoms. The van der Waals surface area contributed by atoms with Gasteiger partial charge >= 0.3 is 0 Å². The minimum absolute atomic E-state index is 0.704. The Morgan fingerprint density at radius 3 is 2.62 bits per heavy atom. The van der Waals surface area contributed by atoms with E-state index < -0.39 is 0 Å². The van der Waals surface area contributed by atoms with Gasteiger partial charge < -0.3 is 4.57 Å². The molecule has 2 aromatic carbocycles. The van der Waals surface area contributed by atoms with Crippen molar-refractivity contribution >= 4 is 33.5 Å². The van der Waals surface area contributed by atoms with Crippen LogP contribution in [0, 0.1) is 0 Å². The van der Waals surface area contributed by atoms with Crippen molar-refractivity contribution in [3.05, 3.63) is 47.5 Å². The Morgan fingerprint density at radius 2 is 1.81 bits per heavy atom. The van der Waals surface area contributed by atoms with Crippen molar-refractivity contribution in [2.45, 2.75) is 0 Å². The molecule has 21 heavy (non-hydrogen) atoms. The molecule has 0 saturated heterocycles. The standard InChI is InChI=1S/C16H13ClN4/c1-20-14-6-4-3-5-12(14)18-16(20)15-11-9-10(17)7-8-13(11)21(2)19-15/h3-9H,1-2H3. The van der Waals surface area contributed by atoms with Crippen LogP contribution in [0.25, 0.3) is 33.5 Å². The lowest BCUT2D eigenvalue weighted by atomic mass is 10.2. The molecule has 0 aliphatic rings. The van der Waals surface area contributed by atoms with Gasteiger partial charge in [0.15, 0.2) is 5.82 Å². The average molecular weight is 297 g/mol. The fourth-order valence-corrected chi connectivity index (χ4v) is 2.93. The average Bonchev–Trinajstić information content (AvgIpc) is 2.98. The third-order valence-corrected chi connectivity index (χ3v) is 4.05. The Bertz CT molecular complexity index is 981. The Hall–Kier alpha value is -2.33. The van der Waals surface area contributed by atoms with Gasteiger partial charge in [0, 0.05) is 24.5 Å². The Balaban J connectivity index is 2.09. The number of imidazole rings is 1. The minimum Gasteiger partial charge on any atom is -0.326 e. The number of para-hydroxylation sites is 2. The van der Waals surface area contributed by atoms with E-state index in [9.17, 15) is 0 Å². The molecule has 0 unspecified atom stereocenters. The summed E-state index contributed by atoms with van der Waals surface area (Å²) in [7, 11) is 3.94. The SMILES string of the molecule is Cn1nc(-c2nc3ccccc3n2C)c2cc(Cl)ccc21. The molecule has 0 fully saturated rings. The van der Waals surface area contributed by atoms with Crippen LogP contribution in [0.5, 0.6) is 0 Å². The zero-order chi connectivity index (χ0) is 14.6. The van der Waals surface area contributed by atoms with Crippen LogP contribution in [0.3, 0.4) is 0 Å². The minimum atomic E-state index is 0.704. The molecule has 2 heterocycles. The largest absolute Gasteiger partial charge is 0.326 e. The van der Waals surface area contributed by atoms with E-state index in [-0.39, 0.29) is 0 Å². The first-order valence-electron chi connectivity index (χ1n) is 6.69. The summed E-state index contributed by atoms with van der Waals surface area (Å²) in [5.74, 6) is 0.851. The van der Waals surface area contributed by atoms with E-state index in [1.54, 1.807) is 0 Å².